The summed E-state index contributed by atoms with van der Waals surface area (Å²) < 4.78 is 34.9. The number of benzene rings is 1. The second-order valence-corrected chi connectivity index (χ2v) is 6.49. The molecule has 0 radical (unpaired) electrons. The molecule has 1 aromatic carbocycles. The van der Waals surface area contributed by atoms with E-state index in [1.54, 1.807) is 31.2 Å². The van der Waals surface area contributed by atoms with Crippen LogP contribution in [0.5, 0.6) is 5.75 Å². The van der Waals surface area contributed by atoms with Crippen LogP contribution in [0.25, 0.3) is 0 Å². The Morgan fingerprint density at radius 2 is 2.10 bits per heavy atom. The Morgan fingerprint density at radius 3 is 2.71 bits per heavy atom. The van der Waals surface area contributed by atoms with Gasteiger partial charge in [0.05, 0.1) is 12.4 Å². The molecule has 21 heavy (non-hydrogen) atoms. The van der Waals surface area contributed by atoms with Gasteiger partial charge in [-0.1, -0.05) is 6.07 Å². The topological polar surface area (TPSA) is 98.9 Å². The SMILES string of the molecule is CCOC(=O)CN(C)S(=O)(=O)CCOc1cccc(N)c1. The second-order valence-electron chi connectivity index (χ2n) is 4.30. The predicted molar refractivity (Wildman–Crippen MR) is 79.4 cm³/mol. The molecule has 0 saturated carbocycles. The maximum atomic E-state index is 11.9. The number of ether oxygens (including phenoxy) is 2. The summed E-state index contributed by atoms with van der Waals surface area (Å²) in [5.41, 5.74) is 6.13. The summed E-state index contributed by atoms with van der Waals surface area (Å²) in [6.45, 7) is 1.53. The molecule has 0 amide bonds. The van der Waals surface area contributed by atoms with E-state index in [1.165, 1.54) is 7.05 Å². The van der Waals surface area contributed by atoms with E-state index >= 15 is 0 Å². The lowest BCUT2D eigenvalue weighted by Gasteiger charge is -2.16. The van der Waals surface area contributed by atoms with Crippen LogP contribution in [-0.4, -0.2) is 51.3 Å². The van der Waals surface area contributed by atoms with Gasteiger partial charge in [0.2, 0.25) is 10.0 Å². The molecule has 0 heterocycles. The molecule has 118 valence electrons. The van der Waals surface area contributed by atoms with Gasteiger partial charge in [-0.25, -0.2) is 8.42 Å². The van der Waals surface area contributed by atoms with Crippen LogP contribution in [0.4, 0.5) is 5.69 Å². The zero-order valence-electron chi connectivity index (χ0n) is 12.1. The number of sulfonamides is 1. The fourth-order valence-corrected chi connectivity index (χ4v) is 2.42. The van der Waals surface area contributed by atoms with Gasteiger partial charge in [-0.2, -0.15) is 4.31 Å². The van der Waals surface area contributed by atoms with Gasteiger partial charge in [0.25, 0.3) is 0 Å². The zero-order chi connectivity index (χ0) is 15.9. The third-order valence-electron chi connectivity index (χ3n) is 2.60. The summed E-state index contributed by atoms with van der Waals surface area (Å²) in [6, 6.07) is 6.71. The molecule has 0 saturated heterocycles. The first kappa shape index (κ1) is 17.3. The molecular formula is C13H20N2O5S. The molecule has 0 aromatic heterocycles. The highest BCUT2D eigenvalue weighted by molar-refractivity contribution is 7.89. The monoisotopic (exact) mass is 316 g/mol. The van der Waals surface area contributed by atoms with E-state index in [2.05, 4.69) is 0 Å². The van der Waals surface area contributed by atoms with Crippen LogP contribution in [0.2, 0.25) is 0 Å². The maximum absolute atomic E-state index is 11.9. The number of rotatable bonds is 8. The number of carbonyl (C=O) groups excluding carboxylic acids is 1. The number of hydrogen-bond acceptors (Lipinski definition) is 6. The Bertz CT molecular complexity index is 574. The molecule has 0 aliphatic rings. The smallest absolute Gasteiger partial charge is 0.321 e. The molecule has 0 aliphatic carbocycles. The van der Waals surface area contributed by atoms with Crippen LogP contribution < -0.4 is 10.5 Å². The van der Waals surface area contributed by atoms with Crippen molar-refractivity contribution >= 4 is 21.7 Å². The molecule has 0 bridgehead atoms. The van der Waals surface area contributed by atoms with Gasteiger partial charge in [-0.05, 0) is 19.1 Å². The summed E-state index contributed by atoms with van der Waals surface area (Å²) >= 11 is 0. The van der Waals surface area contributed by atoms with Crippen LogP contribution in [0.1, 0.15) is 6.92 Å². The number of hydrogen-bond donors (Lipinski definition) is 1. The van der Waals surface area contributed by atoms with E-state index in [9.17, 15) is 13.2 Å². The highest BCUT2D eigenvalue weighted by atomic mass is 32.2. The first-order valence-electron chi connectivity index (χ1n) is 6.43. The van der Waals surface area contributed by atoms with E-state index < -0.39 is 16.0 Å². The van der Waals surface area contributed by atoms with E-state index in [0.717, 1.165) is 4.31 Å². The number of nitrogen functional groups attached to an aromatic ring is 1. The number of nitrogens with two attached hydrogens (primary N) is 1. The molecule has 0 aliphatic heterocycles. The molecule has 0 fully saturated rings. The quantitative estimate of drug-likeness (QED) is 0.553. The molecule has 0 atom stereocenters. The first-order valence-corrected chi connectivity index (χ1v) is 8.04. The van der Waals surface area contributed by atoms with Crippen molar-refractivity contribution in [3.63, 3.8) is 0 Å². The third kappa shape index (κ3) is 6.01. The van der Waals surface area contributed by atoms with Gasteiger partial charge in [0.1, 0.15) is 18.9 Å². The average Bonchev–Trinajstić information content (AvgIpc) is 2.38. The molecule has 0 spiro atoms. The summed E-state index contributed by atoms with van der Waals surface area (Å²) in [6.07, 6.45) is 0. The Hall–Kier alpha value is -1.80. The molecule has 8 heteroatoms. The minimum absolute atomic E-state index is 0.0288. The van der Waals surface area contributed by atoms with Gasteiger partial charge in [0.15, 0.2) is 0 Å². The fourth-order valence-electron chi connectivity index (χ4n) is 1.51. The van der Waals surface area contributed by atoms with Gasteiger partial charge >= 0.3 is 5.97 Å². The van der Waals surface area contributed by atoms with Crippen molar-refractivity contribution in [2.45, 2.75) is 6.92 Å². The van der Waals surface area contributed by atoms with E-state index in [1.807, 2.05) is 0 Å². The zero-order valence-corrected chi connectivity index (χ0v) is 12.9. The number of anilines is 1. The average molecular weight is 316 g/mol. The summed E-state index contributed by atoms with van der Waals surface area (Å²) in [4.78, 5) is 11.3. The van der Waals surface area contributed by atoms with Crippen molar-refractivity contribution < 1.29 is 22.7 Å². The highest BCUT2D eigenvalue weighted by Gasteiger charge is 2.21. The molecule has 1 aromatic rings. The normalized spacial score (nSPS) is 11.4. The van der Waals surface area contributed by atoms with Gasteiger partial charge in [-0.3, -0.25) is 4.79 Å². The van der Waals surface area contributed by atoms with Crippen LogP contribution >= 0.6 is 0 Å². The van der Waals surface area contributed by atoms with Gasteiger partial charge in [0, 0.05) is 18.8 Å². The van der Waals surface area contributed by atoms with E-state index in [-0.39, 0.29) is 25.5 Å². The second kappa shape index (κ2) is 7.84. The van der Waals surface area contributed by atoms with Crippen molar-refractivity contribution in [3.05, 3.63) is 24.3 Å². The standard InChI is InChI=1S/C13H20N2O5S/c1-3-19-13(16)10-15(2)21(17,18)8-7-20-12-6-4-5-11(14)9-12/h4-6,9H,3,7-8,10,14H2,1-2H3. The van der Waals surface area contributed by atoms with E-state index in [0.29, 0.717) is 11.4 Å². The van der Waals surface area contributed by atoms with Crippen molar-refractivity contribution in [2.75, 3.05) is 38.3 Å². The Morgan fingerprint density at radius 1 is 1.38 bits per heavy atom. The lowest BCUT2D eigenvalue weighted by Crippen LogP contribution is -2.36. The number of likely N-dealkylation sites (N-methyl/N-ethyl adjacent to an activating group) is 1. The Labute approximate surface area is 124 Å². The Kier molecular flexibility index (Phi) is 6.44. The van der Waals surface area contributed by atoms with Crippen molar-refractivity contribution in [1.29, 1.82) is 0 Å². The van der Waals surface area contributed by atoms with Crippen LogP contribution in [0, 0.1) is 0 Å². The maximum Gasteiger partial charge on any atom is 0.321 e. The van der Waals surface area contributed by atoms with Crippen LogP contribution in [-0.2, 0) is 19.6 Å². The number of esters is 1. The number of carbonyl (C=O) groups is 1. The highest BCUT2D eigenvalue weighted by Crippen LogP contribution is 2.14. The van der Waals surface area contributed by atoms with Crippen molar-refractivity contribution in [1.82, 2.24) is 4.31 Å². The molecular weight excluding hydrogens is 296 g/mol. The summed E-state index contributed by atoms with van der Waals surface area (Å²) in [7, 11) is -2.25. The largest absolute Gasteiger partial charge is 0.492 e. The number of nitrogens with zero attached hydrogens (tertiary/aromatic N) is 1. The van der Waals surface area contributed by atoms with E-state index in [4.69, 9.17) is 15.2 Å². The molecule has 7 nitrogen and oxygen atoms in total. The lowest BCUT2D eigenvalue weighted by atomic mass is 10.3. The first-order chi connectivity index (χ1) is 9.85. The van der Waals surface area contributed by atoms with Gasteiger partial charge < -0.3 is 15.2 Å². The van der Waals surface area contributed by atoms with Crippen LogP contribution in [0.3, 0.4) is 0 Å². The van der Waals surface area contributed by atoms with Crippen LogP contribution in [0.15, 0.2) is 24.3 Å². The predicted octanol–water partition coefficient (Wildman–Crippen LogP) is 0.472. The fraction of sp³-hybridized carbons (Fsp3) is 0.462. The summed E-state index contributed by atoms with van der Waals surface area (Å²) in [5.74, 6) is -0.323. The summed E-state index contributed by atoms with van der Waals surface area (Å²) in [5, 5.41) is 0. The Balaban J connectivity index is 2.47. The molecule has 1 rings (SSSR count). The van der Waals surface area contributed by atoms with Gasteiger partial charge in [-0.15, -0.1) is 0 Å². The lowest BCUT2D eigenvalue weighted by molar-refractivity contribution is -0.143. The third-order valence-corrected chi connectivity index (χ3v) is 4.36. The minimum atomic E-state index is -3.58. The molecule has 2 N–H and O–H groups in total. The van der Waals surface area contributed by atoms with Crippen molar-refractivity contribution in [2.24, 2.45) is 0 Å². The minimum Gasteiger partial charge on any atom is -0.492 e. The molecule has 0 unspecified atom stereocenters. The van der Waals surface area contributed by atoms with Crippen molar-refractivity contribution in [3.8, 4) is 5.75 Å².